The van der Waals surface area contributed by atoms with Gasteiger partial charge in [-0.2, -0.15) is 0 Å². The van der Waals surface area contributed by atoms with Crippen molar-refractivity contribution in [1.29, 1.82) is 0 Å². The lowest BCUT2D eigenvalue weighted by Gasteiger charge is -2.14. The van der Waals surface area contributed by atoms with Crippen LogP contribution in [-0.4, -0.2) is 31.1 Å². The number of halogens is 1. The Hall–Kier alpha value is -0.790. The van der Waals surface area contributed by atoms with E-state index in [0.717, 1.165) is 31.2 Å². The molecular weight excluding hydrogens is 308 g/mol. The normalized spacial score (nSPS) is 12.5. The second-order valence-corrected chi connectivity index (χ2v) is 4.82. The van der Waals surface area contributed by atoms with Crippen molar-refractivity contribution in [1.82, 2.24) is 0 Å². The number of hydrogen-bond donors (Lipinski definition) is 0. The second-order valence-electron chi connectivity index (χ2n) is 4.17. The molecule has 0 aromatic carbocycles. The van der Waals surface area contributed by atoms with Gasteiger partial charge in [-0.1, -0.05) is 33.5 Å². The van der Waals surface area contributed by atoms with Gasteiger partial charge >= 0.3 is 5.97 Å². The maximum atomic E-state index is 10.7. The van der Waals surface area contributed by atoms with Gasteiger partial charge in [0.2, 0.25) is 0 Å². The van der Waals surface area contributed by atoms with E-state index in [0.29, 0.717) is 6.42 Å². The fourth-order valence-electron chi connectivity index (χ4n) is 1.56. The highest BCUT2D eigenvalue weighted by atomic mass is 79.9. The van der Waals surface area contributed by atoms with Crippen molar-refractivity contribution >= 4 is 21.9 Å². The number of hydrogen-bond acceptors (Lipinski definition) is 3. The second kappa shape index (κ2) is 12.3. The Morgan fingerprint density at radius 2 is 2.21 bits per heavy atom. The summed E-state index contributed by atoms with van der Waals surface area (Å²) in [7, 11) is 1.34. The van der Waals surface area contributed by atoms with Crippen LogP contribution >= 0.6 is 15.9 Å². The van der Waals surface area contributed by atoms with Crippen molar-refractivity contribution < 1.29 is 14.3 Å². The third kappa shape index (κ3) is 10.8. The molecule has 3 nitrogen and oxygen atoms in total. The molecule has 0 N–H and O–H groups in total. The lowest BCUT2D eigenvalue weighted by atomic mass is 10.1. The Bertz CT molecular complexity index is 339. The van der Waals surface area contributed by atoms with Crippen LogP contribution in [0.3, 0.4) is 0 Å². The zero-order valence-electron chi connectivity index (χ0n) is 12.0. The first-order chi connectivity index (χ1) is 9.13. The van der Waals surface area contributed by atoms with E-state index in [1.807, 2.05) is 6.92 Å². The van der Waals surface area contributed by atoms with E-state index in [2.05, 4.69) is 45.5 Å². The molecule has 0 rings (SSSR count). The molecule has 0 fully saturated rings. The van der Waals surface area contributed by atoms with Crippen LogP contribution in [0.2, 0.25) is 0 Å². The van der Waals surface area contributed by atoms with Crippen LogP contribution in [0.1, 0.15) is 39.5 Å². The maximum Gasteiger partial charge on any atom is 0.384 e. The average Bonchev–Trinajstić information content (AvgIpc) is 2.41. The fraction of sp³-hybridized carbons (Fsp3) is 0.667. The third-order valence-electron chi connectivity index (χ3n) is 2.50. The molecule has 0 saturated carbocycles. The first kappa shape index (κ1) is 18.2. The Morgan fingerprint density at radius 1 is 1.47 bits per heavy atom. The minimum absolute atomic E-state index is 0.250. The summed E-state index contributed by atoms with van der Waals surface area (Å²) >= 11 is 3.45. The van der Waals surface area contributed by atoms with Crippen molar-refractivity contribution in [3.05, 3.63) is 11.6 Å². The zero-order chi connectivity index (χ0) is 14.5. The van der Waals surface area contributed by atoms with Gasteiger partial charge in [0.1, 0.15) is 0 Å². The minimum Gasteiger partial charge on any atom is -0.459 e. The van der Waals surface area contributed by atoms with E-state index < -0.39 is 5.97 Å². The highest BCUT2D eigenvalue weighted by molar-refractivity contribution is 9.09. The van der Waals surface area contributed by atoms with E-state index >= 15 is 0 Å². The molecule has 108 valence electrons. The summed E-state index contributed by atoms with van der Waals surface area (Å²) in [6.07, 6.45) is 6.06. The predicted octanol–water partition coefficient (Wildman–Crippen LogP) is 3.47. The van der Waals surface area contributed by atoms with E-state index in [1.165, 1.54) is 12.7 Å². The van der Waals surface area contributed by atoms with Gasteiger partial charge in [-0.15, -0.1) is 0 Å². The molecule has 0 aliphatic heterocycles. The molecule has 0 aromatic rings. The lowest BCUT2D eigenvalue weighted by Crippen LogP contribution is -2.14. The molecule has 19 heavy (non-hydrogen) atoms. The first-order valence-electron chi connectivity index (χ1n) is 6.54. The molecule has 1 atom stereocenters. The maximum absolute atomic E-state index is 10.7. The third-order valence-corrected chi connectivity index (χ3v) is 3.22. The molecule has 1 unspecified atom stereocenters. The summed E-state index contributed by atoms with van der Waals surface area (Å²) in [6.45, 7) is 4.87. The van der Waals surface area contributed by atoms with Gasteiger partial charge < -0.3 is 9.47 Å². The monoisotopic (exact) mass is 330 g/mol. The number of esters is 1. The van der Waals surface area contributed by atoms with Crippen molar-refractivity contribution in [2.24, 2.45) is 0 Å². The molecule has 0 radical (unpaired) electrons. The zero-order valence-corrected chi connectivity index (χ0v) is 13.6. The smallest absolute Gasteiger partial charge is 0.384 e. The van der Waals surface area contributed by atoms with Gasteiger partial charge in [0, 0.05) is 24.3 Å². The van der Waals surface area contributed by atoms with Crippen LogP contribution in [0.25, 0.3) is 0 Å². The van der Waals surface area contributed by atoms with Crippen LogP contribution in [0.15, 0.2) is 11.6 Å². The van der Waals surface area contributed by atoms with Crippen LogP contribution < -0.4 is 0 Å². The largest absolute Gasteiger partial charge is 0.459 e. The van der Waals surface area contributed by atoms with Crippen LogP contribution in [-0.2, 0) is 14.3 Å². The molecule has 4 heteroatoms. The lowest BCUT2D eigenvalue weighted by molar-refractivity contribution is -0.133. The Labute approximate surface area is 124 Å². The van der Waals surface area contributed by atoms with Gasteiger partial charge in [-0.25, -0.2) is 4.79 Å². The average molecular weight is 331 g/mol. The summed E-state index contributed by atoms with van der Waals surface area (Å²) in [5.41, 5.74) is 1.33. The standard InChI is InChI=1S/C15H23BrO3/c1-4-19-14(12-16)11-13(2)9-7-5-6-8-10-15(17)18-3/h9,14H,4-7,11-12H2,1-3H3/b13-9+. The highest BCUT2D eigenvalue weighted by Gasteiger charge is 2.06. The van der Waals surface area contributed by atoms with Gasteiger partial charge in [0.05, 0.1) is 13.2 Å². The first-order valence-corrected chi connectivity index (χ1v) is 7.66. The molecular formula is C15H23BrO3. The highest BCUT2D eigenvalue weighted by Crippen LogP contribution is 2.12. The van der Waals surface area contributed by atoms with Crippen LogP contribution in [0.4, 0.5) is 0 Å². The molecule has 0 spiro atoms. The Kier molecular flexibility index (Phi) is 11.7. The van der Waals surface area contributed by atoms with E-state index in [-0.39, 0.29) is 6.10 Å². The Balaban J connectivity index is 3.85. The molecule has 0 amide bonds. The molecule has 0 bridgehead atoms. The van der Waals surface area contributed by atoms with E-state index in [4.69, 9.17) is 4.74 Å². The Morgan fingerprint density at radius 3 is 2.79 bits per heavy atom. The molecule has 0 aliphatic carbocycles. The summed E-state index contributed by atoms with van der Waals surface area (Å²) in [5, 5.41) is 0.858. The van der Waals surface area contributed by atoms with Gasteiger partial charge in [-0.05, 0) is 33.1 Å². The topological polar surface area (TPSA) is 35.5 Å². The summed E-state index contributed by atoms with van der Waals surface area (Å²) in [4.78, 5) is 10.7. The SMILES string of the molecule is CCOC(CBr)C/C(C)=C/CCCC#CC(=O)OC. The number of allylic oxidation sites excluding steroid dienone is 1. The number of rotatable bonds is 8. The summed E-state index contributed by atoms with van der Waals surface area (Å²) in [5.74, 6) is 4.75. The number of ether oxygens (including phenoxy) is 2. The molecule has 0 aliphatic rings. The number of unbranched alkanes of at least 4 members (excludes halogenated alkanes) is 2. The minimum atomic E-state index is -0.469. The molecule has 0 aromatic heterocycles. The summed E-state index contributed by atoms with van der Waals surface area (Å²) in [6, 6.07) is 0. The van der Waals surface area contributed by atoms with E-state index in [9.17, 15) is 4.79 Å². The number of methoxy groups -OCH3 is 1. The van der Waals surface area contributed by atoms with Crippen molar-refractivity contribution in [2.75, 3.05) is 19.0 Å². The van der Waals surface area contributed by atoms with Gasteiger partial charge in [0.15, 0.2) is 0 Å². The van der Waals surface area contributed by atoms with Crippen LogP contribution in [0, 0.1) is 11.8 Å². The fourth-order valence-corrected chi connectivity index (χ4v) is 1.98. The number of carbonyl (C=O) groups excluding carboxylic acids is 1. The van der Waals surface area contributed by atoms with Crippen LogP contribution in [0.5, 0.6) is 0 Å². The van der Waals surface area contributed by atoms with Gasteiger partial charge in [0.25, 0.3) is 0 Å². The summed E-state index contributed by atoms with van der Waals surface area (Å²) < 4.78 is 10.0. The quantitative estimate of drug-likeness (QED) is 0.171. The number of carbonyl (C=O) groups is 1. The molecule has 0 heterocycles. The van der Waals surface area contributed by atoms with E-state index in [1.54, 1.807) is 0 Å². The van der Waals surface area contributed by atoms with Crippen molar-refractivity contribution in [2.45, 2.75) is 45.6 Å². The number of alkyl halides is 1. The van der Waals surface area contributed by atoms with Crippen molar-refractivity contribution in [3.8, 4) is 11.8 Å². The van der Waals surface area contributed by atoms with Crippen molar-refractivity contribution in [3.63, 3.8) is 0 Å². The molecule has 0 saturated heterocycles. The predicted molar refractivity (Wildman–Crippen MR) is 81.2 cm³/mol. The van der Waals surface area contributed by atoms with Gasteiger partial charge in [-0.3, -0.25) is 0 Å².